The molecular weight excluding hydrogens is 228 g/mol. The van der Waals surface area contributed by atoms with Crippen LogP contribution in [0.15, 0.2) is 30.5 Å². The molecule has 0 bridgehead atoms. The Kier molecular flexibility index (Phi) is 3.24. The average Bonchev–Trinajstić information content (AvgIpc) is 2.35. The van der Waals surface area contributed by atoms with Gasteiger partial charge in [-0.3, -0.25) is 0 Å². The van der Waals surface area contributed by atoms with Crippen LogP contribution in [-0.4, -0.2) is 15.1 Å². The molecule has 0 aliphatic heterocycles. The highest BCUT2D eigenvalue weighted by atomic mass is 19.2. The standard InChI is InChI=1S/C11H9F2N3O/c12-7-2-1-3-8(11(7)13)15-9-4-5-14-10(6-17)16-9/h1-5,17H,6H2,(H,14,15,16). The van der Waals surface area contributed by atoms with E-state index in [1.165, 1.54) is 24.4 Å². The SMILES string of the molecule is OCc1nccc(Nc2cccc(F)c2F)n1. The number of anilines is 2. The summed E-state index contributed by atoms with van der Waals surface area (Å²) in [6.45, 7) is -0.318. The molecule has 0 radical (unpaired) electrons. The minimum atomic E-state index is -0.975. The molecule has 2 aromatic rings. The quantitative estimate of drug-likeness (QED) is 0.857. The van der Waals surface area contributed by atoms with E-state index in [1.807, 2.05) is 0 Å². The van der Waals surface area contributed by atoms with Crippen LogP contribution < -0.4 is 5.32 Å². The molecule has 88 valence electrons. The van der Waals surface area contributed by atoms with Crippen molar-refractivity contribution in [2.45, 2.75) is 6.61 Å². The number of nitrogens with one attached hydrogen (secondary N) is 1. The van der Waals surface area contributed by atoms with Gasteiger partial charge in [0.25, 0.3) is 0 Å². The highest BCUT2D eigenvalue weighted by molar-refractivity contribution is 5.56. The van der Waals surface area contributed by atoms with Gasteiger partial charge < -0.3 is 10.4 Å². The smallest absolute Gasteiger partial charge is 0.182 e. The van der Waals surface area contributed by atoms with Gasteiger partial charge in [-0.1, -0.05) is 6.07 Å². The number of nitrogens with zero attached hydrogens (tertiary/aromatic N) is 2. The van der Waals surface area contributed by atoms with Crippen molar-refractivity contribution in [1.29, 1.82) is 0 Å². The first-order valence-electron chi connectivity index (χ1n) is 4.84. The van der Waals surface area contributed by atoms with E-state index in [-0.39, 0.29) is 23.9 Å². The molecule has 0 aliphatic carbocycles. The first kappa shape index (κ1) is 11.4. The largest absolute Gasteiger partial charge is 0.388 e. The van der Waals surface area contributed by atoms with Crippen molar-refractivity contribution in [2.75, 3.05) is 5.32 Å². The van der Waals surface area contributed by atoms with E-state index >= 15 is 0 Å². The number of hydrogen-bond donors (Lipinski definition) is 2. The first-order valence-corrected chi connectivity index (χ1v) is 4.84. The van der Waals surface area contributed by atoms with Crippen LogP contribution >= 0.6 is 0 Å². The maximum absolute atomic E-state index is 13.3. The van der Waals surface area contributed by atoms with E-state index in [9.17, 15) is 8.78 Å². The summed E-state index contributed by atoms with van der Waals surface area (Å²) in [6, 6.07) is 5.29. The molecule has 1 aromatic heterocycles. The Labute approximate surface area is 96.0 Å². The lowest BCUT2D eigenvalue weighted by Gasteiger charge is -2.07. The topological polar surface area (TPSA) is 58.0 Å². The van der Waals surface area contributed by atoms with E-state index in [0.29, 0.717) is 0 Å². The average molecular weight is 237 g/mol. The second-order valence-corrected chi connectivity index (χ2v) is 3.24. The lowest BCUT2D eigenvalue weighted by Crippen LogP contribution is -2.01. The number of halogens is 2. The Morgan fingerprint density at radius 1 is 1.24 bits per heavy atom. The van der Waals surface area contributed by atoms with Crippen LogP contribution in [0.1, 0.15) is 5.82 Å². The fraction of sp³-hybridized carbons (Fsp3) is 0.0909. The molecule has 4 nitrogen and oxygen atoms in total. The fourth-order valence-corrected chi connectivity index (χ4v) is 1.28. The summed E-state index contributed by atoms with van der Waals surface area (Å²) in [5.41, 5.74) is -0.0208. The Morgan fingerprint density at radius 2 is 2.06 bits per heavy atom. The first-order chi connectivity index (χ1) is 8.20. The van der Waals surface area contributed by atoms with Crippen molar-refractivity contribution in [3.63, 3.8) is 0 Å². The highest BCUT2D eigenvalue weighted by Crippen LogP contribution is 2.20. The predicted molar refractivity (Wildman–Crippen MR) is 57.6 cm³/mol. The predicted octanol–water partition coefficient (Wildman–Crippen LogP) is 1.99. The Hall–Kier alpha value is -2.08. The molecule has 17 heavy (non-hydrogen) atoms. The van der Waals surface area contributed by atoms with Gasteiger partial charge in [-0.05, 0) is 18.2 Å². The van der Waals surface area contributed by atoms with Crippen LogP contribution in [0.5, 0.6) is 0 Å². The van der Waals surface area contributed by atoms with Gasteiger partial charge in [0.2, 0.25) is 0 Å². The second kappa shape index (κ2) is 4.84. The van der Waals surface area contributed by atoms with E-state index < -0.39 is 11.6 Å². The summed E-state index contributed by atoms with van der Waals surface area (Å²) in [4.78, 5) is 7.67. The van der Waals surface area contributed by atoms with Gasteiger partial charge in [-0.25, -0.2) is 18.7 Å². The molecule has 0 unspecified atom stereocenters. The van der Waals surface area contributed by atoms with Crippen LogP contribution in [-0.2, 0) is 6.61 Å². The minimum absolute atomic E-state index is 0.0208. The third-order valence-electron chi connectivity index (χ3n) is 2.06. The normalized spacial score (nSPS) is 10.3. The van der Waals surface area contributed by atoms with E-state index in [1.54, 1.807) is 0 Å². The van der Waals surface area contributed by atoms with E-state index in [2.05, 4.69) is 15.3 Å². The maximum Gasteiger partial charge on any atom is 0.182 e. The van der Waals surface area contributed by atoms with Crippen LogP contribution in [0.4, 0.5) is 20.3 Å². The zero-order valence-electron chi connectivity index (χ0n) is 8.69. The molecule has 0 atom stereocenters. The molecule has 1 aromatic carbocycles. The van der Waals surface area contributed by atoms with Crippen molar-refractivity contribution in [2.24, 2.45) is 0 Å². The minimum Gasteiger partial charge on any atom is -0.388 e. The van der Waals surface area contributed by atoms with Crippen LogP contribution in [0.3, 0.4) is 0 Å². The monoisotopic (exact) mass is 237 g/mol. The molecular formula is C11H9F2N3O. The maximum atomic E-state index is 13.3. The molecule has 0 amide bonds. The highest BCUT2D eigenvalue weighted by Gasteiger charge is 2.08. The number of aliphatic hydroxyl groups excluding tert-OH is 1. The van der Waals surface area contributed by atoms with Crippen molar-refractivity contribution in [3.05, 3.63) is 47.9 Å². The fourth-order valence-electron chi connectivity index (χ4n) is 1.28. The lowest BCUT2D eigenvalue weighted by atomic mass is 10.3. The van der Waals surface area contributed by atoms with Gasteiger partial charge in [-0.15, -0.1) is 0 Å². The van der Waals surface area contributed by atoms with Gasteiger partial charge in [0.15, 0.2) is 17.5 Å². The number of aromatic nitrogens is 2. The summed E-state index contributed by atoms with van der Waals surface area (Å²) >= 11 is 0. The summed E-state index contributed by atoms with van der Waals surface area (Å²) in [6.07, 6.45) is 1.41. The number of benzene rings is 1. The Balaban J connectivity index is 2.28. The van der Waals surface area contributed by atoms with Crippen molar-refractivity contribution < 1.29 is 13.9 Å². The summed E-state index contributed by atoms with van der Waals surface area (Å²) in [5.74, 6) is -1.43. The van der Waals surface area contributed by atoms with E-state index in [4.69, 9.17) is 5.11 Å². The van der Waals surface area contributed by atoms with Gasteiger partial charge >= 0.3 is 0 Å². The second-order valence-electron chi connectivity index (χ2n) is 3.24. The summed E-state index contributed by atoms with van der Waals surface area (Å²) in [5, 5.41) is 11.5. The van der Waals surface area contributed by atoms with Gasteiger partial charge in [0.1, 0.15) is 12.4 Å². The molecule has 0 saturated carbocycles. The van der Waals surface area contributed by atoms with Crippen LogP contribution in [0, 0.1) is 11.6 Å². The third-order valence-corrected chi connectivity index (χ3v) is 2.06. The molecule has 6 heteroatoms. The van der Waals surface area contributed by atoms with Gasteiger partial charge in [-0.2, -0.15) is 0 Å². The summed E-state index contributed by atoms with van der Waals surface area (Å²) in [7, 11) is 0. The number of rotatable bonds is 3. The van der Waals surface area contributed by atoms with Crippen molar-refractivity contribution in [3.8, 4) is 0 Å². The van der Waals surface area contributed by atoms with Crippen molar-refractivity contribution in [1.82, 2.24) is 9.97 Å². The zero-order valence-corrected chi connectivity index (χ0v) is 8.69. The molecule has 1 heterocycles. The van der Waals surface area contributed by atoms with Crippen LogP contribution in [0.2, 0.25) is 0 Å². The van der Waals surface area contributed by atoms with Gasteiger partial charge in [0.05, 0.1) is 5.69 Å². The molecule has 0 fully saturated rings. The molecule has 0 saturated heterocycles. The molecule has 0 aliphatic rings. The van der Waals surface area contributed by atoms with Crippen LogP contribution in [0.25, 0.3) is 0 Å². The third kappa shape index (κ3) is 2.54. The number of hydrogen-bond acceptors (Lipinski definition) is 4. The molecule has 0 spiro atoms. The lowest BCUT2D eigenvalue weighted by molar-refractivity contribution is 0.271. The molecule has 2 rings (SSSR count). The zero-order chi connectivity index (χ0) is 12.3. The summed E-state index contributed by atoms with van der Waals surface area (Å²) < 4.78 is 26.3. The molecule has 2 N–H and O–H groups in total. The number of aliphatic hydroxyl groups is 1. The van der Waals surface area contributed by atoms with Gasteiger partial charge in [0, 0.05) is 6.20 Å². The van der Waals surface area contributed by atoms with E-state index in [0.717, 1.165) is 6.07 Å². The van der Waals surface area contributed by atoms with Crippen molar-refractivity contribution >= 4 is 11.5 Å². The Morgan fingerprint density at radius 3 is 2.82 bits per heavy atom. The Bertz CT molecular complexity index is 534.